The maximum atomic E-state index is 15.1. The van der Waals surface area contributed by atoms with Crippen molar-refractivity contribution in [3.05, 3.63) is 108 Å². The van der Waals surface area contributed by atoms with Crippen LogP contribution >= 0.6 is 7.44 Å². The molecule has 4 heteroatoms. The summed E-state index contributed by atoms with van der Waals surface area (Å²) in [5, 5.41) is 0. The molecule has 1 aliphatic carbocycles. The molecule has 2 aliphatic rings. The molecule has 0 N–H and O–H groups in total. The van der Waals surface area contributed by atoms with Crippen molar-refractivity contribution in [2.45, 2.75) is 57.0 Å². The van der Waals surface area contributed by atoms with Crippen LogP contribution in [-0.4, -0.2) is 21.4 Å². The SMILES string of the molecule is O=P1(Cc2ccccc2)N(Cc2ccccc2)[C@@H]2CCCC[C@H]2N1Cc1ccccc1. The summed E-state index contributed by atoms with van der Waals surface area (Å²) in [4.78, 5) is 0. The summed E-state index contributed by atoms with van der Waals surface area (Å²) in [6, 6.07) is 32.3. The Morgan fingerprint density at radius 1 is 0.613 bits per heavy atom. The van der Waals surface area contributed by atoms with Crippen LogP contribution in [0.1, 0.15) is 42.4 Å². The van der Waals surface area contributed by atoms with Gasteiger partial charge in [-0.1, -0.05) is 104 Å². The molecule has 1 saturated carbocycles. The van der Waals surface area contributed by atoms with E-state index < -0.39 is 7.44 Å². The van der Waals surface area contributed by atoms with Crippen molar-refractivity contribution in [2.24, 2.45) is 0 Å². The molecular formula is C27H31N2OP. The minimum Gasteiger partial charge on any atom is -0.288 e. The van der Waals surface area contributed by atoms with Gasteiger partial charge in [-0.2, -0.15) is 0 Å². The van der Waals surface area contributed by atoms with Crippen molar-refractivity contribution in [1.29, 1.82) is 0 Å². The van der Waals surface area contributed by atoms with E-state index in [9.17, 15) is 0 Å². The molecule has 5 rings (SSSR count). The molecular weight excluding hydrogens is 399 g/mol. The van der Waals surface area contributed by atoms with E-state index in [1.54, 1.807) is 0 Å². The second kappa shape index (κ2) is 9.12. The van der Waals surface area contributed by atoms with E-state index in [4.69, 9.17) is 0 Å². The second-order valence-electron chi connectivity index (χ2n) is 8.89. The van der Waals surface area contributed by atoms with E-state index >= 15 is 4.57 Å². The van der Waals surface area contributed by atoms with Gasteiger partial charge in [0, 0.05) is 25.2 Å². The molecule has 0 bridgehead atoms. The van der Waals surface area contributed by atoms with Crippen LogP contribution < -0.4 is 0 Å². The van der Waals surface area contributed by atoms with Crippen molar-refractivity contribution in [3.63, 3.8) is 0 Å². The largest absolute Gasteiger partial charge is 0.288 e. The zero-order valence-electron chi connectivity index (χ0n) is 18.0. The van der Waals surface area contributed by atoms with E-state index in [1.807, 2.05) is 6.07 Å². The van der Waals surface area contributed by atoms with Crippen LogP contribution in [0.3, 0.4) is 0 Å². The molecule has 3 aromatic rings. The van der Waals surface area contributed by atoms with Gasteiger partial charge in [0.05, 0.1) is 6.16 Å². The fourth-order valence-electron chi connectivity index (χ4n) is 5.40. The fraction of sp³-hybridized carbons (Fsp3) is 0.333. The van der Waals surface area contributed by atoms with E-state index in [0.29, 0.717) is 18.2 Å². The lowest BCUT2D eigenvalue weighted by molar-refractivity contribution is 0.197. The van der Waals surface area contributed by atoms with Crippen LogP contribution in [0, 0.1) is 0 Å². The number of rotatable bonds is 6. The highest BCUT2D eigenvalue weighted by Gasteiger charge is 2.54. The molecule has 1 saturated heterocycles. The maximum Gasteiger partial charge on any atom is 0.222 e. The number of nitrogens with zero attached hydrogens (tertiary/aromatic N) is 2. The summed E-state index contributed by atoms with van der Waals surface area (Å²) in [5.41, 5.74) is 3.67. The molecule has 0 spiro atoms. The molecule has 0 aromatic heterocycles. The third-order valence-corrected chi connectivity index (χ3v) is 10.1. The highest BCUT2D eigenvalue weighted by Crippen LogP contribution is 2.66. The van der Waals surface area contributed by atoms with Crippen molar-refractivity contribution in [2.75, 3.05) is 0 Å². The Morgan fingerprint density at radius 3 is 1.42 bits per heavy atom. The lowest BCUT2D eigenvalue weighted by Gasteiger charge is -2.32. The van der Waals surface area contributed by atoms with Gasteiger partial charge in [0.2, 0.25) is 7.44 Å². The molecule has 1 aliphatic heterocycles. The van der Waals surface area contributed by atoms with Gasteiger partial charge in [0.1, 0.15) is 0 Å². The molecule has 0 amide bonds. The molecule has 2 atom stereocenters. The van der Waals surface area contributed by atoms with Crippen molar-refractivity contribution >= 4 is 7.44 Å². The number of benzene rings is 3. The Labute approximate surface area is 186 Å². The summed E-state index contributed by atoms with van der Waals surface area (Å²) in [5.74, 6) is 0. The maximum absolute atomic E-state index is 15.1. The van der Waals surface area contributed by atoms with Gasteiger partial charge in [-0.3, -0.25) is 4.57 Å². The van der Waals surface area contributed by atoms with Gasteiger partial charge < -0.3 is 0 Å². The number of hydrogen-bond acceptors (Lipinski definition) is 1. The summed E-state index contributed by atoms with van der Waals surface area (Å²) in [6.45, 7) is 1.52. The van der Waals surface area contributed by atoms with Crippen LogP contribution in [0.2, 0.25) is 0 Å². The van der Waals surface area contributed by atoms with Crippen molar-refractivity contribution in [3.8, 4) is 0 Å². The normalized spacial score (nSPS) is 23.5. The Morgan fingerprint density at radius 2 is 1.00 bits per heavy atom. The van der Waals surface area contributed by atoms with Gasteiger partial charge in [-0.05, 0) is 29.5 Å². The average molecular weight is 431 g/mol. The Balaban J connectivity index is 1.55. The van der Waals surface area contributed by atoms with Gasteiger partial charge >= 0.3 is 0 Å². The first-order valence-electron chi connectivity index (χ1n) is 11.5. The highest BCUT2D eigenvalue weighted by molar-refractivity contribution is 7.58. The summed E-state index contributed by atoms with van der Waals surface area (Å²) in [7, 11) is -2.78. The van der Waals surface area contributed by atoms with Crippen molar-refractivity contribution in [1.82, 2.24) is 9.34 Å². The summed E-state index contributed by atoms with van der Waals surface area (Å²) in [6.07, 6.45) is 5.36. The molecule has 0 radical (unpaired) electrons. The molecule has 31 heavy (non-hydrogen) atoms. The Kier molecular flexibility index (Phi) is 6.09. The average Bonchev–Trinajstić information content (AvgIpc) is 3.04. The predicted molar refractivity (Wildman–Crippen MR) is 128 cm³/mol. The minimum absolute atomic E-state index is 0.368. The summed E-state index contributed by atoms with van der Waals surface area (Å²) >= 11 is 0. The van der Waals surface area contributed by atoms with Crippen LogP contribution in [0.4, 0.5) is 0 Å². The lowest BCUT2D eigenvalue weighted by Crippen LogP contribution is -2.39. The smallest absolute Gasteiger partial charge is 0.222 e. The number of hydrogen-bond donors (Lipinski definition) is 0. The van der Waals surface area contributed by atoms with Crippen LogP contribution in [-0.2, 0) is 23.8 Å². The first-order valence-corrected chi connectivity index (χ1v) is 13.3. The van der Waals surface area contributed by atoms with E-state index in [-0.39, 0.29) is 0 Å². The van der Waals surface area contributed by atoms with Gasteiger partial charge in [-0.25, -0.2) is 9.34 Å². The fourth-order valence-corrected chi connectivity index (χ4v) is 8.98. The minimum atomic E-state index is -2.78. The van der Waals surface area contributed by atoms with Crippen LogP contribution in [0.15, 0.2) is 91.0 Å². The third kappa shape index (κ3) is 4.28. The molecule has 2 fully saturated rings. The molecule has 160 valence electrons. The molecule has 1 heterocycles. The summed E-state index contributed by atoms with van der Waals surface area (Å²) < 4.78 is 19.9. The molecule has 3 aromatic carbocycles. The Bertz CT molecular complexity index is 963. The van der Waals surface area contributed by atoms with Gasteiger partial charge in [-0.15, -0.1) is 0 Å². The zero-order chi connectivity index (χ0) is 21.1. The van der Waals surface area contributed by atoms with Gasteiger partial charge in [0.15, 0.2) is 0 Å². The zero-order valence-corrected chi connectivity index (χ0v) is 18.9. The van der Waals surface area contributed by atoms with Crippen LogP contribution in [0.5, 0.6) is 0 Å². The highest BCUT2D eigenvalue weighted by atomic mass is 31.2. The van der Waals surface area contributed by atoms with E-state index in [1.165, 1.54) is 29.5 Å². The van der Waals surface area contributed by atoms with E-state index in [0.717, 1.165) is 25.9 Å². The van der Waals surface area contributed by atoms with E-state index in [2.05, 4.69) is 94.3 Å². The first kappa shape index (κ1) is 20.7. The monoisotopic (exact) mass is 430 g/mol. The Hall–Kier alpha value is -2.19. The number of fused-ring (bicyclic) bond motifs is 1. The topological polar surface area (TPSA) is 23.6 Å². The molecule has 0 unspecified atom stereocenters. The molecule has 3 nitrogen and oxygen atoms in total. The van der Waals surface area contributed by atoms with Gasteiger partial charge in [0.25, 0.3) is 0 Å². The third-order valence-electron chi connectivity index (χ3n) is 6.87. The standard InChI is InChI=1S/C27H31N2OP/c30-31(22-25-16-8-3-9-17-25)28(20-23-12-4-1-5-13-23)26-18-10-11-19-27(26)29(31)21-24-14-6-2-7-15-24/h1-9,12-17,26-27H,10-11,18-22H2/t26-,27-/m1/s1. The second-order valence-corrected chi connectivity index (χ2v) is 11.6. The predicted octanol–water partition coefficient (Wildman–Crippen LogP) is 6.71. The van der Waals surface area contributed by atoms with Crippen molar-refractivity contribution < 1.29 is 4.57 Å². The quantitative estimate of drug-likeness (QED) is 0.406. The lowest BCUT2D eigenvalue weighted by atomic mass is 9.90. The first-order chi connectivity index (χ1) is 15.2. The van der Waals surface area contributed by atoms with Crippen LogP contribution in [0.25, 0.3) is 0 Å².